The van der Waals surface area contributed by atoms with Crippen molar-refractivity contribution in [3.63, 3.8) is 0 Å². The van der Waals surface area contributed by atoms with Crippen LogP contribution in [-0.4, -0.2) is 53.6 Å². The Morgan fingerprint density at radius 2 is 1.96 bits per heavy atom. The van der Waals surface area contributed by atoms with Gasteiger partial charge in [-0.25, -0.2) is 4.98 Å². The Morgan fingerprint density at radius 3 is 2.65 bits per heavy atom. The molecule has 0 bridgehead atoms. The molecule has 0 unspecified atom stereocenters. The summed E-state index contributed by atoms with van der Waals surface area (Å²) < 4.78 is 7.14. The lowest BCUT2D eigenvalue weighted by Gasteiger charge is -2.27. The normalized spacial score (nSPS) is 14.6. The van der Waals surface area contributed by atoms with Crippen LogP contribution in [0.3, 0.4) is 0 Å². The molecule has 0 aliphatic carbocycles. The summed E-state index contributed by atoms with van der Waals surface area (Å²) in [4.78, 5) is 19.3. The molecule has 1 aromatic carbocycles. The van der Waals surface area contributed by atoms with Crippen LogP contribution in [0.25, 0.3) is 16.6 Å². The fraction of sp³-hybridized carbons (Fsp3) is 0.263. The largest absolute Gasteiger partial charge is 0.481 e. The molecule has 1 saturated heterocycles. The zero-order chi connectivity index (χ0) is 18.1. The lowest BCUT2D eigenvalue weighted by molar-refractivity contribution is 0.0738. The van der Waals surface area contributed by atoms with Crippen LogP contribution in [0.4, 0.5) is 0 Å². The number of nitrogens with zero attached hydrogens (tertiary/aromatic N) is 3. The average Bonchev–Trinajstić information content (AvgIpc) is 2.99. The minimum absolute atomic E-state index is 0.0665. The Hall–Kier alpha value is -2.57. The maximum absolute atomic E-state index is 13.2. The molecule has 0 radical (unpaired) electrons. The number of benzene rings is 1. The third-order valence-electron chi connectivity index (χ3n) is 4.61. The summed E-state index contributed by atoms with van der Waals surface area (Å²) in [5, 5.41) is 4.38. The van der Waals surface area contributed by atoms with Crippen molar-refractivity contribution in [3.8, 4) is 11.6 Å². The van der Waals surface area contributed by atoms with Gasteiger partial charge in [0.1, 0.15) is 5.15 Å². The summed E-state index contributed by atoms with van der Waals surface area (Å²) in [6, 6.07) is 11.5. The van der Waals surface area contributed by atoms with Crippen LogP contribution in [-0.2, 0) is 0 Å². The van der Waals surface area contributed by atoms with Gasteiger partial charge in [0.25, 0.3) is 5.91 Å². The number of carbonyl (C=O) groups excluding carboxylic acids is 1. The van der Waals surface area contributed by atoms with E-state index in [9.17, 15) is 4.79 Å². The monoisotopic (exact) mass is 370 g/mol. The van der Waals surface area contributed by atoms with E-state index in [1.165, 1.54) is 0 Å². The van der Waals surface area contributed by atoms with Gasteiger partial charge in [0.15, 0.2) is 0 Å². The maximum Gasteiger partial charge on any atom is 0.257 e. The Kier molecular flexibility index (Phi) is 4.53. The van der Waals surface area contributed by atoms with Gasteiger partial charge in [0.2, 0.25) is 5.88 Å². The van der Waals surface area contributed by atoms with Gasteiger partial charge >= 0.3 is 0 Å². The molecule has 3 aromatic rings. The number of halogens is 1. The zero-order valence-corrected chi connectivity index (χ0v) is 15.2. The van der Waals surface area contributed by atoms with Gasteiger partial charge in [-0.1, -0.05) is 29.8 Å². The Bertz CT molecular complexity index is 949. The van der Waals surface area contributed by atoms with Crippen molar-refractivity contribution in [3.05, 3.63) is 53.3 Å². The highest BCUT2D eigenvalue weighted by molar-refractivity contribution is 6.36. The average molecular weight is 371 g/mol. The van der Waals surface area contributed by atoms with Crippen molar-refractivity contribution in [1.29, 1.82) is 0 Å². The van der Waals surface area contributed by atoms with Gasteiger partial charge < -0.3 is 15.0 Å². The Balaban J connectivity index is 1.93. The van der Waals surface area contributed by atoms with Crippen LogP contribution >= 0.6 is 11.6 Å². The fourth-order valence-corrected chi connectivity index (χ4v) is 3.67. The second-order valence-electron chi connectivity index (χ2n) is 6.12. The molecule has 26 heavy (non-hydrogen) atoms. The second-order valence-corrected chi connectivity index (χ2v) is 6.48. The second kappa shape index (κ2) is 6.97. The summed E-state index contributed by atoms with van der Waals surface area (Å²) in [6.45, 7) is 2.90. The first-order valence-corrected chi connectivity index (χ1v) is 8.88. The summed E-state index contributed by atoms with van der Waals surface area (Å²) in [5.74, 6) is 0.410. The molecule has 6 nitrogen and oxygen atoms in total. The number of piperazine rings is 1. The van der Waals surface area contributed by atoms with Gasteiger partial charge in [-0.2, -0.15) is 0 Å². The molecule has 1 N–H and O–H groups in total. The van der Waals surface area contributed by atoms with Gasteiger partial charge in [-0.3, -0.25) is 9.36 Å². The molecule has 3 heterocycles. The van der Waals surface area contributed by atoms with Crippen LogP contribution in [0, 0.1) is 0 Å². The molecular weight excluding hydrogens is 352 g/mol. The quantitative estimate of drug-likeness (QED) is 0.770. The first-order valence-electron chi connectivity index (χ1n) is 8.50. The molecule has 1 aliphatic heterocycles. The highest BCUT2D eigenvalue weighted by Gasteiger charge is 2.27. The number of ether oxygens (including phenoxy) is 1. The maximum atomic E-state index is 13.2. The topological polar surface area (TPSA) is 59.4 Å². The van der Waals surface area contributed by atoms with E-state index in [0.29, 0.717) is 29.7 Å². The minimum atomic E-state index is -0.0665. The van der Waals surface area contributed by atoms with Crippen molar-refractivity contribution < 1.29 is 9.53 Å². The number of pyridine rings is 1. The number of para-hydroxylation sites is 1. The molecule has 2 aromatic heterocycles. The SMILES string of the molecule is COc1cc2c(cn1)c(C(=O)N1CCNCC1)c(Cl)n2-c1ccccc1. The first-order chi connectivity index (χ1) is 12.7. The molecule has 4 rings (SSSR count). The predicted molar refractivity (Wildman–Crippen MR) is 101 cm³/mol. The molecule has 7 heteroatoms. The fourth-order valence-electron chi connectivity index (χ4n) is 3.30. The molecule has 1 fully saturated rings. The van der Waals surface area contributed by atoms with Crippen LogP contribution in [0.15, 0.2) is 42.6 Å². The van der Waals surface area contributed by atoms with Crippen molar-refractivity contribution in [2.24, 2.45) is 0 Å². The van der Waals surface area contributed by atoms with E-state index in [-0.39, 0.29) is 5.91 Å². The third-order valence-corrected chi connectivity index (χ3v) is 4.97. The van der Waals surface area contributed by atoms with E-state index in [1.54, 1.807) is 13.3 Å². The van der Waals surface area contributed by atoms with Crippen LogP contribution in [0.5, 0.6) is 5.88 Å². The molecule has 0 spiro atoms. The number of fused-ring (bicyclic) bond motifs is 1. The van der Waals surface area contributed by atoms with E-state index in [1.807, 2.05) is 45.9 Å². The first kappa shape index (κ1) is 16.9. The zero-order valence-electron chi connectivity index (χ0n) is 14.4. The minimum Gasteiger partial charge on any atom is -0.481 e. The number of aromatic nitrogens is 2. The van der Waals surface area contributed by atoms with Gasteiger partial charge in [-0.05, 0) is 12.1 Å². The lowest BCUT2D eigenvalue weighted by atomic mass is 10.2. The standard InChI is InChI=1S/C19H19ClN4O2/c1-26-16-11-15-14(12-22-16)17(19(25)23-9-7-21-8-10-23)18(20)24(15)13-5-3-2-4-6-13/h2-6,11-12,21H,7-10H2,1H3. The van der Waals surface area contributed by atoms with Crippen LogP contribution in [0.2, 0.25) is 5.15 Å². The number of hydrogen-bond donors (Lipinski definition) is 1. The van der Waals surface area contributed by atoms with E-state index in [0.717, 1.165) is 29.7 Å². The summed E-state index contributed by atoms with van der Waals surface area (Å²) in [6.07, 6.45) is 1.66. The number of carbonyl (C=O) groups is 1. The summed E-state index contributed by atoms with van der Waals surface area (Å²) >= 11 is 6.73. The van der Waals surface area contributed by atoms with E-state index in [4.69, 9.17) is 16.3 Å². The molecule has 0 saturated carbocycles. The molecule has 1 aliphatic rings. The smallest absolute Gasteiger partial charge is 0.257 e. The summed E-state index contributed by atoms with van der Waals surface area (Å²) in [7, 11) is 1.57. The van der Waals surface area contributed by atoms with Gasteiger partial charge in [0, 0.05) is 49.5 Å². The van der Waals surface area contributed by atoms with Crippen molar-refractivity contribution in [2.45, 2.75) is 0 Å². The number of rotatable bonds is 3. The van der Waals surface area contributed by atoms with Crippen molar-refractivity contribution in [1.82, 2.24) is 19.8 Å². The molecule has 0 atom stereocenters. The number of methoxy groups -OCH3 is 1. The van der Waals surface area contributed by atoms with E-state index in [2.05, 4.69) is 10.3 Å². The van der Waals surface area contributed by atoms with E-state index < -0.39 is 0 Å². The molecule has 1 amide bonds. The third kappa shape index (κ3) is 2.81. The number of hydrogen-bond acceptors (Lipinski definition) is 4. The van der Waals surface area contributed by atoms with Gasteiger partial charge in [0.05, 0.1) is 18.2 Å². The summed E-state index contributed by atoms with van der Waals surface area (Å²) in [5.41, 5.74) is 2.17. The van der Waals surface area contributed by atoms with Crippen LogP contribution < -0.4 is 10.1 Å². The van der Waals surface area contributed by atoms with Crippen molar-refractivity contribution >= 4 is 28.4 Å². The predicted octanol–water partition coefficient (Wildman–Crippen LogP) is 2.73. The number of amides is 1. The highest BCUT2D eigenvalue weighted by Crippen LogP contribution is 2.35. The van der Waals surface area contributed by atoms with Gasteiger partial charge in [-0.15, -0.1) is 0 Å². The lowest BCUT2D eigenvalue weighted by Crippen LogP contribution is -2.46. The van der Waals surface area contributed by atoms with Crippen LogP contribution in [0.1, 0.15) is 10.4 Å². The Morgan fingerprint density at radius 1 is 1.23 bits per heavy atom. The molecule has 134 valence electrons. The number of nitrogens with one attached hydrogen (secondary N) is 1. The highest BCUT2D eigenvalue weighted by atomic mass is 35.5. The Labute approximate surface area is 156 Å². The molecular formula is C19H19ClN4O2. The van der Waals surface area contributed by atoms with Crippen molar-refractivity contribution in [2.75, 3.05) is 33.3 Å². The van der Waals surface area contributed by atoms with E-state index >= 15 is 0 Å².